The number of phenols is 1. The fraction of sp³-hybridized carbons (Fsp3) is 0.357. The molecule has 3 saturated heterocycles. The zero-order chi connectivity index (χ0) is 11.8. The maximum absolute atomic E-state index is 12.1. The van der Waals surface area contributed by atoms with Gasteiger partial charge in [0.2, 0.25) is 0 Å². The lowest BCUT2D eigenvalue weighted by Crippen LogP contribution is -2.45. The third-order valence-corrected chi connectivity index (χ3v) is 3.63. The highest BCUT2D eigenvalue weighted by atomic mass is 16.3. The summed E-state index contributed by atoms with van der Waals surface area (Å²) in [6.45, 7) is 1.97. The first-order chi connectivity index (χ1) is 8.24. The highest BCUT2D eigenvalue weighted by molar-refractivity contribution is 6.01. The number of carbonyl (C=O) groups is 1. The van der Waals surface area contributed by atoms with Crippen LogP contribution >= 0.6 is 0 Å². The van der Waals surface area contributed by atoms with Gasteiger partial charge in [0.05, 0.1) is 5.70 Å². The molecule has 1 aromatic rings. The molecule has 17 heavy (non-hydrogen) atoms. The molecule has 3 heteroatoms. The summed E-state index contributed by atoms with van der Waals surface area (Å²) in [4.78, 5) is 14.3. The average molecular weight is 229 g/mol. The highest BCUT2D eigenvalue weighted by Gasteiger charge is 2.36. The molecule has 0 aliphatic carbocycles. The van der Waals surface area contributed by atoms with E-state index in [0.717, 1.165) is 37.2 Å². The topological polar surface area (TPSA) is 40.5 Å². The number of ketones is 1. The van der Waals surface area contributed by atoms with Crippen LogP contribution in [0.25, 0.3) is 6.08 Å². The van der Waals surface area contributed by atoms with Gasteiger partial charge in [-0.15, -0.1) is 0 Å². The molecule has 3 aliphatic heterocycles. The lowest BCUT2D eigenvalue weighted by Gasteiger charge is -2.41. The molecule has 88 valence electrons. The van der Waals surface area contributed by atoms with Gasteiger partial charge in [-0.25, -0.2) is 0 Å². The second-order valence-corrected chi connectivity index (χ2v) is 4.75. The summed E-state index contributed by atoms with van der Waals surface area (Å²) in [5, 5.41) is 9.41. The van der Waals surface area contributed by atoms with E-state index in [-0.39, 0.29) is 17.5 Å². The average Bonchev–Trinajstić information content (AvgIpc) is 2.34. The summed E-state index contributed by atoms with van der Waals surface area (Å²) in [6, 6.07) is 7.02. The second-order valence-electron chi connectivity index (χ2n) is 4.75. The van der Waals surface area contributed by atoms with Crippen LogP contribution < -0.4 is 0 Å². The maximum atomic E-state index is 12.1. The zero-order valence-electron chi connectivity index (χ0n) is 9.60. The van der Waals surface area contributed by atoms with Crippen LogP contribution in [0.1, 0.15) is 18.4 Å². The number of Topliss-reactive ketones (excluding diaryl/α,β-unsaturated/α-hetero) is 1. The van der Waals surface area contributed by atoms with Crippen molar-refractivity contribution in [3.63, 3.8) is 0 Å². The number of phenolic OH excluding ortho intramolecular Hbond substituents is 1. The number of carbonyl (C=O) groups excluding carboxylic acids is 1. The number of benzene rings is 1. The Hall–Kier alpha value is -1.77. The van der Waals surface area contributed by atoms with Gasteiger partial charge in [-0.05, 0) is 36.6 Å². The highest BCUT2D eigenvalue weighted by Crippen LogP contribution is 2.32. The Bertz CT molecular complexity index is 485. The summed E-state index contributed by atoms with van der Waals surface area (Å²) < 4.78 is 0. The lowest BCUT2D eigenvalue weighted by molar-refractivity contribution is -0.125. The molecule has 1 aromatic carbocycles. The van der Waals surface area contributed by atoms with Crippen LogP contribution in [0.15, 0.2) is 30.0 Å². The Kier molecular flexibility index (Phi) is 2.39. The van der Waals surface area contributed by atoms with E-state index >= 15 is 0 Å². The minimum Gasteiger partial charge on any atom is -0.508 e. The minimum atomic E-state index is 0.226. The number of aromatic hydroxyl groups is 1. The van der Waals surface area contributed by atoms with Crippen LogP contribution in [0.4, 0.5) is 0 Å². The number of rotatable bonds is 1. The summed E-state index contributed by atoms with van der Waals surface area (Å²) in [5.74, 6) is 0.733. The molecule has 0 amide bonds. The second kappa shape index (κ2) is 3.91. The van der Waals surface area contributed by atoms with Gasteiger partial charge >= 0.3 is 0 Å². The molecule has 3 fully saturated rings. The molecule has 3 aliphatic rings. The van der Waals surface area contributed by atoms with Crippen LogP contribution in [0.5, 0.6) is 5.75 Å². The van der Waals surface area contributed by atoms with Gasteiger partial charge in [-0.1, -0.05) is 12.1 Å². The number of piperidine rings is 3. The molecule has 4 rings (SSSR count). The van der Waals surface area contributed by atoms with Crippen molar-refractivity contribution >= 4 is 11.9 Å². The molecular weight excluding hydrogens is 214 g/mol. The standard InChI is InChI=1S/C14H15NO2/c16-12-3-1-2-10(8-12)9-13-14(17)11-4-6-15(13)7-5-11/h1-3,8-9,11,16H,4-7H2/b13-9+. The van der Waals surface area contributed by atoms with Crippen molar-refractivity contribution in [2.24, 2.45) is 5.92 Å². The first kappa shape index (κ1) is 10.4. The van der Waals surface area contributed by atoms with E-state index < -0.39 is 0 Å². The fourth-order valence-corrected chi connectivity index (χ4v) is 2.68. The van der Waals surface area contributed by atoms with Crippen LogP contribution in [0.2, 0.25) is 0 Å². The van der Waals surface area contributed by atoms with E-state index in [1.165, 1.54) is 0 Å². The van der Waals surface area contributed by atoms with Crippen molar-refractivity contribution < 1.29 is 9.90 Å². The Morgan fingerprint density at radius 1 is 1.29 bits per heavy atom. The van der Waals surface area contributed by atoms with Crippen LogP contribution in [-0.2, 0) is 4.79 Å². The van der Waals surface area contributed by atoms with Crippen molar-refractivity contribution in [2.45, 2.75) is 12.8 Å². The van der Waals surface area contributed by atoms with Gasteiger partial charge < -0.3 is 10.0 Å². The third-order valence-electron chi connectivity index (χ3n) is 3.63. The van der Waals surface area contributed by atoms with E-state index in [1.807, 2.05) is 12.1 Å². The molecule has 0 spiro atoms. The van der Waals surface area contributed by atoms with Gasteiger partial charge in [0.25, 0.3) is 0 Å². The third kappa shape index (κ3) is 1.82. The maximum Gasteiger partial charge on any atom is 0.182 e. The molecule has 0 unspecified atom stereocenters. The van der Waals surface area contributed by atoms with Crippen molar-refractivity contribution in [3.8, 4) is 5.75 Å². The summed E-state index contributed by atoms with van der Waals surface area (Å²) in [7, 11) is 0. The normalized spacial score (nSPS) is 22.5. The van der Waals surface area contributed by atoms with E-state index in [1.54, 1.807) is 18.2 Å². The largest absolute Gasteiger partial charge is 0.508 e. The number of hydrogen-bond acceptors (Lipinski definition) is 3. The Morgan fingerprint density at radius 3 is 2.71 bits per heavy atom. The first-order valence-corrected chi connectivity index (χ1v) is 6.04. The van der Waals surface area contributed by atoms with E-state index in [2.05, 4.69) is 4.90 Å². The van der Waals surface area contributed by atoms with Gasteiger partial charge in [0, 0.05) is 19.0 Å². The Labute approximate surface area is 100 Å². The van der Waals surface area contributed by atoms with Gasteiger partial charge in [0.1, 0.15) is 5.75 Å². The number of fused-ring (bicyclic) bond motifs is 3. The molecule has 0 saturated carbocycles. The van der Waals surface area contributed by atoms with Crippen molar-refractivity contribution in [1.29, 1.82) is 0 Å². The van der Waals surface area contributed by atoms with Crippen molar-refractivity contribution in [2.75, 3.05) is 13.1 Å². The number of allylic oxidation sites excluding steroid dienone is 1. The predicted molar refractivity (Wildman–Crippen MR) is 65.4 cm³/mol. The molecule has 2 bridgehead atoms. The van der Waals surface area contributed by atoms with Gasteiger partial charge in [-0.2, -0.15) is 0 Å². The summed E-state index contributed by atoms with van der Waals surface area (Å²) in [6.07, 6.45) is 3.89. The smallest absolute Gasteiger partial charge is 0.182 e. The molecule has 0 atom stereocenters. The van der Waals surface area contributed by atoms with Crippen LogP contribution in [0, 0.1) is 5.92 Å². The summed E-state index contributed by atoms with van der Waals surface area (Å²) >= 11 is 0. The first-order valence-electron chi connectivity index (χ1n) is 6.04. The molecule has 3 nitrogen and oxygen atoms in total. The molecule has 0 aromatic heterocycles. The molecular formula is C14H15NO2. The van der Waals surface area contributed by atoms with Crippen molar-refractivity contribution in [3.05, 3.63) is 35.5 Å². The zero-order valence-corrected chi connectivity index (χ0v) is 9.60. The number of nitrogens with zero attached hydrogens (tertiary/aromatic N) is 1. The molecule has 0 radical (unpaired) electrons. The Balaban J connectivity index is 1.95. The van der Waals surface area contributed by atoms with Gasteiger partial charge in [-0.3, -0.25) is 4.79 Å². The molecule has 1 N–H and O–H groups in total. The number of hydrogen-bond donors (Lipinski definition) is 1. The molecule has 3 heterocycles. The minimum absolute atomic E-state index is 0.226. The quantitative estimate of drug-likeness (QED) is 0.749. The van der Waals surface area contributed by atoms with E-state index in [9.17, 15) is 9.90 Å². The van der Waals surface area contributed by atoms with Crippen molar-refractivity contribution in [1.82, 2.24) is 4.90 Å². The SMILES string of the molecule is O=C1/C(=C\c2cccc(O)c2)N2CCC1CC2. The predicted octanol–water partition coefficient (Wildman–Crippen LogP) is 2.03. The monoisotopic (exact) mass is 229 g/mol. The van der Waals surface area contributed by atoms with Crippen LogP contribution in [0.3, 0.4) is 0 Å². The fourth-order valence-electron chi connectivity index (χ4n) is 2.68. The Morgan fingerprint density at radius 2 is 2.06 bits per heavy atom. The summed E-state index contributed by atoms with van der Waals surface area (Å²) in [5.41, 5.74) is 1.71. The van der Waals surface area contributed by atoms with Gasteiger partial charge in [0.15, 0.2) is 5.78 Å². The van der Waals surface area contributed by atoms with E-state index in [0.29, 0.717) is 0 Å². The van der Waals surface area contributed by atoms with Crippen LogP contribution in [-0.4, -0.2) is 28.9 Å². The lowest BCUT2D eigenvalue weighted by atomic mass is 9.84. The van der Waals surface area contributed by atoms with E-state index in [4.69, 9.17) is 0 Å².